The quantitative estimate of drug-likeness (QED) is 0.577. The van der Waals surface area contributed by atoms with E-state index in [1.165, 1.54) is 0 Å². The van der Waals surface area contributed by atoms with Gasteiger partial charge in [-0.3, -0.25) is 9.59 Å². The summed E-state index contributed by atoms with van der Waals surface area (Å²) < 4.78 is 29.6. The number of hydrogen-bond acceptors (Lipinski definition) is 5. The van der Waals surface area contributed by atoms with E-state index in [2.05, 4.69) is 6.92 Å². The molecular formula is C23H34N2O5S. The van der Waals surface area contributed by atoms with E-state index in [0.29, 0.717) is 32.7 Å². The second-order valence-corrected chi connectivity index (χ2v) is 10.8. The van der Waals surface area contributed by atoms with Crippen LogP contribution in [0.4, 0.5) is 0 Å². The van der Waals surface area contributed by atoms with Gasteiger partial charge in [0.2, 0.25) is 11.8 Å². The van der Waals surface area contributed by atoms with Gasteiger partial charge in [-0.05, 0) is 37.8 Å². The molecule has 0 radical (unpaired) electrons. The first-order chi connectivity index (χ1) is 14.9. The largest absolute Gasteiger partial charge is 0.493 e. The normalized spacial score (nSPS) is 22.8. The summed E-state index contributed by atoms with van der Waals surface area (Å²) in [6, 6.07) is 9.17. The highest BCUT2D eigenvalue weighted by atomic mass is 32.2. The van der Waals surface area contributed by atoms with Crippen LogP contribution in [0.2, 0.25) is 0 Å². The molecule has 2 atom stereocenters. The number of benzene rings is 1. The van der Waals surface area contributed by atoms with Gasteiger partial charge in [0.05, 0.1) is 30.5 Å². The molecule has 2 aliphatic rings. The molecule has 2 heterocycles. The van der Waals surface area contributed by atoms with Crippen molar-refractivity contribution in [2.45, 2.75) is 51.5 Å². The van der Waals surface area contributed by atoms with Crippen molar-refractivity contribution in [2.24, 2.45) is 5.92 Å². The van der Waals surface area contributed by atoms with Gasteiger partial charge in [-0.25, -0.2) is 8.42 Å². The number of likely N-dealkylation sites (tertiary alicyclic amines) is 1. The van der Waals surface area contributed by atoms with E-state index in [9.17, 15) is 18.0 Å². The van der Waals surface area contributed by atoms with E-state index in [4.69, 9.17) is 4.74 Å². The molecule has 1 aromatic rings. The number of piperidine rings is 1. The zero-order valence-corrected chi connectivity index (χ0v) is 19.2. The molecule has 0 N–H and O–H groups in total. The number of para-hydroxylation sites is 1. The van der Waals surface area contributed by atoms with Crippen LogP contribution in [0.3, 0.4) is 0 Å². The van der Waals surface area contributed by atoms with Crippen molar-refractivity contribution in [2.75, 3.05) is 37.7 Å². The fourth-order valence-corrected chi connectivity index (χ4v) is 6.12. The standard InChI is InChI=1S/C23H34N2O5S/c1-2-3-14-25(20-12-16-31(28,29)18-20)23(27)19-8-7-13-24(17-19)22(26)11-15-30-21-9-5-4-6-10-21/h4-6,9-10,19-20H,2-3,7-8,11-18H2,1H3. The maximum atomic E-state index is 13.3. The second kappa shape index (κ2) is 11.0. The van der Waals surface area contributed by atoms with Crippen LogP contribution in [0.1, 0.15) is 45.4 Å². The van der Waals surface area contributed by atoms with Crippen molar-refractivity contribution < 1.29 is 22.7 Å². The Bertz CT molecular complexity index is 843. The van der Waals surface area contributed by atoms with Crippen LogP contribution >= 0.6 is 0 Å². The molecule has 0 bridgehead atoms. The number of amides is 2. The molecule has 0 aliphatic carbocycles. The molecule has 1 aromatic carbocycles. The summed E-state index contributed by atoms with van der Waals surface area (Å²) in [6.07, 6.45) is 4.12. The number of sulfone groups is 1. The minimum Gasteiger partial charge on any atom is -0.493 e. The number of carbonyl (C=O) groups is 2. The smallest absolute Gasteiger partial charge is 0.227 e. The molecule has 8 heteroatoms. The lowest BCUT2D eigenvalue weighted by Crippen LogP contribution is -2.50. The summed E-state index contributed by atoms with van der Waals surface area (Å²) >= 11 is 0. The maximum absolute atomic E-state index is 13.3. The number of hydrogen-bond donors (Lipinski definition) is 0. The van der Waals surface area contributed by atoms with Gasteiger partial charge >= 0.3 is 0 Å². The van der Waals surface area contributed by atoms with Crippen LogP contribution in [0.25, 0.3) is 0 Å². The van der Waals surface area contributed by atoms with Crippen molar-refractivity contribution in [1.29, 1.82) is 0 Å². The lowest BCUT2D eigenvalue weighted by Gasteiger charge is -2.37. The Morgan fingerprint density at radius 2 is 1.97 bits per heavy atom. The van der Waals surface area contributed by atoms with Crippen LogP contribution in [0.5, 0.6) is 5.75 Å². The summed E-state index contributed by atoms with van der Waals surface area (Å²) in [5, 5.41) is 0. The average molecular weight is 451 g/mol. The third-order valence-corrected chi connectivity index (χ3v) is 7.89. The molecular weight excluding hydrogens is 416 g/mol. The van der Waals surface area contributed by atoms with Crippen molar-refractivity contribution in [1.82, 2.24) is 9.80 Å². The molecule has 7 nitrogen and oxygen atoms in total. The summed E-state index contributed by atoms with van der Waals surface area (Å²) in [6.45, 7) is 4.02. The van der Waals surface area contributed by atoms with Gasteiger partial charge in [0.25, 0.3) is 0 Å². The first-order valence-electron chi connectivity index (χ1n) is 11.4. The highest BCUT2D eigenvalue weighted by Crippen LogP contribution is 2.25. The molecule has 2 saturated heterocycles. The molecule has 2 aliphatic heterocycles. The molecule has 0 aromatic heterocycles. The predicted molar refractivity (Wildman–Crippen MR) is 120 cm³/mol. The Hall–Kier alpha value is -2.09. The van der Waals surface area contributed by atoms with E-state index in [1.54, 1.807) is 9.80 Å². The molecule has 172 valence electrons. The van der Waals surface area contributed by atoms with Crippen molar-refractivity contribution >= 4 is 21.7 Å². The van der Waals surface area contributed by atoms with E-state index in [0.717, 1.165) is 31.4 Å². The number of carbonyl (C=O) groups excluding carboxylic acids is 2. The van der Waals surface area contributed by atoms with E-state index in [1.807, 2.05) is 30.3 Å². The minimum absolute atomic E-state index is 0.00279. The van der Waals surface area contributed by atoms with Crippen molar-refractivity contribution in [3.05, 3.63) is 30.3 Å². The number of nitrogens with zero attached hydrogens (tertiary/aromatic N) is 2. The highest BCUT2D eigenvalue weighted by molar-refractivity contribution is 7.91. The second-order valence-electron chi connectivity index (χ2n) is 8.53. The van der Waals surface area contributed by atoms with Gasteiger partial charge in [0, 0.05) is 25.7 Å². The highest BCUT2D eigenvalue weighted by Gasteiger charge is 2.38. The molecule has 31 heavy (non-hydrogen) atoms. The zero-order valence-electron chi connectivity index (χ0n) is 18.4. The third kappa shape index (κ3) is 6.69. The van der Waals surface area contributed by atoms with Gasteiger partial charge < -0.3 is 14.5 Å². The third-order valence-electron chi connectivity index (χ3n) is 6.14. The maximum Gasteiger partial charge on any atom is 0.227 e. The first-order valence-corrected chi connectivity index (χ1v) is 13.2. The van der Waals surface area contributed by atoms with Gasteiger partial charge in [0.1, 0.15) is 5.75 Å². The molecule has 2 unspecified atom stereocenters. The Balaban J connectivity index is 1.55. The Kier molecular flexibility index (Phi) is 8.35. The predicted octanol–water partition coefficient (Wildman–Crippen LogP) is 2.51. The van der Waals surface area contributed by atoms with Gasteiger partial charge in [-0.2, -0.15) is 0 Å². The van der Waals surface area contributed by atoms with Crippen molar-refractivity contribution in [3.8, 4) is 5.75 Å². The topological polar surface area (TPSA) is 84.0 Å². The monoisotopic (exact) mass is 450 g/mol. The molecule has 2 amide bonds. The van der Waals surface area contributed by atoms with E-state index >= 15 is 0 Å². The Morgan fingerprint density at radius 3 is 2.65 bits per heavy atom. The van der Waals surface area contributed by atoms with E-state index in [-0.39, 0.29) is 41.7 Å². The Labute approximate surface area is 185 Å². The molecule has 3 rings (SSSR count). The van der Waals surface area contributed by atoms with Crippen LogP contribution < -0.4 is 4.74 Å². The van der Waals surface area contributed by atoms with Gasteiger partial charge in [-0.15, -0.1) is 0 Å². The summed E-state index contributed by atoms with van der Waals surface area (Å²) in [5.74, 6) is 0.706. The summed E-state index contributed by atoms with van der Waals surface area (Å²) in [7, 11) is -3.06. The van der Waals surface area contributed by atoms with Crippen LogP contribution in [-0.4, -0.2) is 73.8 Å². The number of unbranched alkanes of at least 4 members (excludes halogenated alkanes) is 1. The van der Waals surface area contributed by atoms with Crippen LogP contribution in [0, 0.1) is 5.92 Å². The molecule has 0 spiro atoms. The van der Waals surface area contributed by atoms with E-state index < -0.39 is 9.84 Å². The first kappa shape index (κ1) is 23.6. The van der Waals surface area contributed by atoms with Gasteiger partial charge in [-0.1, -0.05) is 31.5 Å². The summed E-state index contributed by atoms with van der Waals surface area (Å²) in [5.41, 5.74) is 0. The number of ether oxygens (including phenoxy) is 1. The fourth-order valence-electron chi connectivity index (χ4n) is 4.39. The van der Waals surface area contributed by atoms with Crippen LogP contribution in [0.15, 0.2) is 30.3 Å². The molecule has 0 saturated carbocycles. The summed E-state index contributed by atoms with van der Waals surface area (Å²) in [4.78, 5) is 29.6. The fraction of sp³-hybridized carbons (Fsp3) is 0.652. The lowest BCUT2D eigenvalue weighted by molar-refractivity contribution is -0.142. The van der Waals surface area contributed by atoms with Crippen molar-refractivity contribution in [3.63, 3.8) is 0 Å². The lowest BCUT2D eigenvalue weighted by atomic mass is 9.95. The minimum atomic E-state index is -3.06. The Morgan fingerprint density at radius 1 is 1.19 bits per heavy atom. The average Bonchev–Trinajstić information content (AvgIpc) is 3.14. The molecule has 2 fully saturated rings. The SMILES string of the molecule is CCCCN(C(=O)C1CCCN(C(=O)CCOc2ccccc2)C1)C1CCS(=O)(=O)C1. The van der Waals surface area contributed by atoms with Gasteiger partial charge in [0.15, 0.2) is 9.84 Å². The zero-order chi connectivity index (χ0) is 22.3. The van der Waals surface area contributed by atoms with Crippen LogP contribution in [-0.2, 0) is 19.4 Å². The number of rotatable bonds is 9.